The first-order valence-corrected chi connectivity index (χ1v) is 7.99. The van der Waals surface area contributed by atoms with Crippen molar-refractivity contribution in [3.63, 3.8) is 0 Å². The lowest BCUT2D eigenvalue weighted by molar-refractivity contribution is 0.0600. The molecule has 3 aromatic rings. The maximum atomic E-state index is 12.9. The molecule has 0 saturated heterocycles. The maximum absolute atomic E-state index is 12.9. The number of pyridine rings is 1. The van der Waals surface area contributed by atoms with Crippen LogP contribution in [-0.2, 0) is 4.74 Å². The molecule has 0 saturated carbocycles. The molecule has 0 atom stereocenters. The monoisotopic (exact) mass is 350 g/mol. The number of hydrogen-bond acceptors (Lipinski definition) is 4. The number of ether oxygens (including phenoxy) is 1. The molecule has 132 valence electrons. The van der Waals surface area contributed by atoms with Crippen LogP contribution in [0.3, 0.4) is 0 Å². The van der Waals surface area contributed by atoms with Crippen LogP contribution in [0.5, 0.6) is 0 Å². The molecule has 6 nitrogen and oxygen atoms in total. The fourth-order valence-electron chi connectivity index (χ4n) is 2.77. The van der Waals surface area contributed by atoms with Gasteiger partial charge >= 0.3 is 5.97 Å². The van der Waals surface area contributed by atoms with Crippen molar-refractivity contribution in [2.24, 2.45) is 0 Å². The van der Waals surface area contributed by atoms with Gasteiger partial charge in [0.25, 0.3) is 5.91 Å². The van der Waals surface area contributed by atoms with E-state index in [2.05, 4.69) is 0 Å². The number of methoxy groups -OCH3 is 1. The Morgan fingerprint density at radius 2 is 1.65 bits per heavy atom. The van der Waals surface area contributed by atoms with Crippen molar-refractivity contribution in [2.45, 2.75) is 0 Å². The van der Waals surface area contributed by atoms with Crippen molar-refractivity contribution < 1.29 is 19.1 Å². The molecule has 1 aromatic carbocycles. The van der Waals surface area contributed by atoms with E-state index in [1.165, 1.54) is 12.0 Å². The number of carbonyl (C=O) groups excluding carboxylic acids is 3. The second-order valence-electron chi connectivity index (χ2n) is 6.00. The second kappa shape index (κ2) is 6.84. The number of ketones is 1. The lowest BCUT2D eigenvalue weighted by Crippen LogP contribution is -2.21. The first kappa shape index (κ1) is 17.4. The van der Waals surface area contributed by atoms with E-state index in [0.29, 0.717) is 27.9 Å². The number of nitrogens with zero attached hydrogens (tertiary/aromatic N) is 2. The summed E-state index contributed by atoms with van der Waals surface area (Å²) in [5, 5.41) is 0. The molecule has 0 aliphatic rings. The van der Waals surface area contributed by atoms with Gasteiger partial charge in [-0.25, -0.2) is 4.79 Å². The van der Waals surface area contributed by atoms with E-state index in [4.69, 9.17) is 4.74 Å². The van der Waals surface area contributed by atoms with Gasteiger partial charge in [0, 0.05) is 25.9 Å². The number of aromatic nitrogens is 1. The summed E-state index contributed by atoms with van der Waals surface area (Å²) in [7, 11) is 4.56. The van der Waals surface area contributed by atoms with E-state index in [-0.39, 0.29) is 11.7 Å². The minimum absolute atomic E-state index is 0.204. The molecule has 2 aromatic heterocycles. The molecule has 6 heteroatoms. The molecule has 3 rings (SSSR count). The molecule has 0 spiro atoms. The second-order valence-corrected chi connectivity index (χ2v) is 6.00. The average Bonchev–Trinajstić information content (AvgIpc) is 3.05. The molecule has 2 heterocycles. The summed E-state index contributed by atoms with van der Waals surface area (Å²) in [4.78, 5) is 38.7. The smallest absolute Gasteiger partial charge is 0.337 e. The van der Waals surface area contributed by atoms with Crippen LogP contribution in [0, 0.1) is 0 Å². The van der Waals surface area contributed by atoms with Gasteiger partial charge in [-0.2, -0.15) is 0 Å². The van der Waals surface area contributed by atoms with Gasteiger partial charge in [-0.1, -0.05) is 30.3 Å². The van der Waals surface area contributed by atoms with Crippen molar-refractivity contribution in [3.05, 3.63) is 77.1 Å². The highest BCUT2D eigenvalue weighted by molar-refractivity contribution is 6.12. The van der Waals surface area contributed by atoms with Gasteiger partial charge in [-0.15, -0.1) is 0 Å². The minimum Gasteiger partial charge on any atom is -0.465 e. The first-order valence-electron chi connectivity index (χ1n) is 7.99. The maximum Gasteiger partial charge on any atom is 0.337 e. The molecule has 26 heavy (non-hydrogen) atoms. The summed E-state index contributed by atoms with van der Waals surface area (Å²) in [5.41, 5.74) is 2.01. The third-order valence-electron chi connectivity index (χ3n) is 4.10. The fourth-order valence-corrected chi connectivity index (χ4v) is 2.77. The van der Waals surface area contributed by atoms with Crippen LogP contribution in [0.25, 0.3) is 5.52 Å². The van der Waals surface area contributed by atoms with E-state index in [1.54, 1.807) is 67.2 Å². The normalized spacial score (nSPS) is 10.6. The highest BCUT2D eigenvalue weighted by atomic mass is 16.5. The summed E-state index contributed by atoms with van der Waals surface area (Å²) in [6, 6.07) is 13.5. The number of benzene rings is 1. The van der Waals surface area contributed by atoms with E-state index in [0.717, 1.165) is 0 Å². The van der Waals surface area contributed by atoms with Crippen LogP contribution in [0.4, 0.5) is 0 Å². The summed E-state index contributed by atoms with van der Waals surface area (Å²) >= 11 is 0. The molecule has 0 aliphatic heterocycles. The number of hydrogen-bond donors (Lipinski definition) is 0. The minimum atomic E-state index is -0.507. The van der Waals surface area contributed by atoms with E-state index >= 15 is 0 Å². The molecular weight excluding hydrogens is 332 g/mol. The predicted octanol–water partition coefficient (Wildman–Crippen LogP) is 2.66. The highest BCUT2D eigenvalue weighted by Gasteiger charge is 2.22. The molecule has 1 amide bonds. The summed E-state index contributed by atoms with van der Waals surface area (Å²) < 4.78 is 6.37. The Labute approximate surface area is 150 Å². The van der Waals surface area contributed by atoms with Crippen LogP contribution in [0.15, 0.2) is 54.7 Å². The Morgan fingerprint density at radius 1 is 0.962 bits per heavy atom. The van der Waals surface area contributed by atoms with Crippen molar-refractivity contribution >= 4 is 23.2 Å². The largest absolute Gasteiger partial charge is 0.465 e. The summed E-state index contributed by atoms with van der Waals surface area (Å²) in [5.74, 6) is -0.964. The van der Waals surface area contributed by atoms with Crippen LogP contribution < -0.4 is 0 Å². The van der Waals surface area contributed by atoms with Crippen LogP contribution >= 0.6 is 0 Å². The van der Waals surface area contributed by atoms with Gasteiger partial charge in [-0.05, 0) is 18.2 Å². The molecule has 0 fully saturated rings. The van der Waals surface area contributed by atoms with Crippen LogP contribution in [0.2, 0.25) is 0 Å². The standard InChI is InChI=1S/C20H18N2O4/c1-21(2)19(24)15-12-17(18(23)13-7-5-4-6-8-13)22-10-9-14(11-16(15)22)20(25)26-3/h4-12H,1-3H3. The lowest BCUT2D eigenvalue weighted by Gasteiger charge is -2.09. The van der Waals surface area contributed by atoms with E-state index in [1.807, 2.05) is 6.07 Å². The number of carbonyl (C=O) groups is 3. The summed E-state index contributed by atoms with van der Waals surface area (Å²) in [6.45, 7) is 0. The van der Waals surface area contributed by atoms with Crippen molar-refractivity contribution in [1.82, 2.24) is 9.30 Å². The third-order valence-corrected chi connectivity index (χ3v) is 4.10. The zero-order chi connectivity index (χ0) is 18.8. The average molecular weight is 350 g/mol. The van der Waals surface area contributed by atoms with Crippen molar-refractivity contribution in [1.29, 1.82) is 0 Å². The molecule has 0 radical (unpaired) electrons. The van der Waals surface area contributed by atoms with Gasteiger partial charge in [0.15, 0.2) is 0 Å². The number of rotatable bonds is 4. The molecule has 0 aliphatic carbocycles. The molecule has 0 N–H and O–H groups in total. The number of amides is 1. The number of fused-ring (bicyclic) bond motifs is 1. The van der Waals surface area contributed by atoms with Crippen LogP contribution in [-0.4, -0.2) is 48.2 Å². The predicted molar refractivity (Wildman–Crippen MR) is 96.6 cm³/mol. The Morgan fingerprint density at radius 3 is 2.27 bits per heavy atom. The van der Waals surface area contributed by atoms with Gasteiger partial charge in [0.1, 0.15) is 0 Å². The van der Waals surface area contributed by atoms with Gasteiger partial charge < -0.3 is 14.0 Å². The number of esters is 1. The van der Waals surface area contributed by atoms with Crippen molar-refractivity contribution in [3.8, 4) is 0 Å². The lowest BCUT2D eigenvalue weighted by atomic mass is 10.1. The van der Waals surface area contributed by atoms with Crippen molar-refractivity contribution in [2.75, 3.05) is 21.2 Å². The van der Waals surface area contributed by atoms with Gasteiger partial charge in [0.05, 0.1) is 29.4 Å². The van der Waals surface area contributed by atoms with Gasteiger partial charge in [0.2, 0.25) is 5.78 Å². The molecule has 0 bridgehead atoms. The van der Waals surface area contributed by atoms with E-state index < -0.39 is 5.97 Å². The highest BCUT2D eigenvalue weighted by Crippen LogP contribution is 2.22. The SMILES string of the molecule is COC(=O)c1ccn2c(C(=O)c3ccccc3)cc(C(=O)N(C)C)c2c1. The fraction of sp³-hybridized carbons (Fsp3) is 0.150. The quantitative estimate of drug-likeness (QED) is 0.536. The Kier molecular flexibility index (Phi) is 4.58. The first-order chi connectivity index (χ1) is 12.4. The Bertz CT molecular complexity index is 1000. The third kappa shape index (κ3) is 2.97. The van der Waals surface area contributed by atoms with E-state index in [9.17, 15) is 14.4 Å². The molecule has 0 unspecified atom stereocenters. The van der Waals surface area contributed by atoms with Crippen LogP contribution in [0.1, 0.15) is 36.8 Å². The Balaban J connectivity index is 2.23. The zero-order valence-electron chi connectivity index (χ0n) is 14.7. The zero-order valence-corrected chi connectivity index (χ0v) is 14.7. The summed E-state index contributed by atoms with van der Waals surface area (Å²) in [6.07, 6.45) is 1.60. The molecular formula is C20H18N2O4. The topological polar surface area (TPSA) is 68.1 Å². The Hall–Kier alpha value is -3.41. The van der Waals surface area contributed by atoms with Gasteiger partial charge in [-0.3, -0.25) is 9.59 Å².